The van der Waals surface area contributed by atoms with Crippen molar-refractivity contribution in [2.45, 2.75) is 17.8 Å². The molecular formula is C12H10F6O4S. The molecule has 23 heavy (non-hydrogen) atoms. The molecule has 0 aliphatic carbocycles. The van der Waals surface area contributed by atoms with Crippen LogP contribution in [0.1, 0.15) is 17.2 Å². The molecule has 0 aliphatic heterocycles. The van der Waals surface area contributed by atoms with E-state index in [0.29, 0.717) is 0 Å². The van der Waals surface area contributed by atoms with Gasteiger partial charge in [-0.3, -0.25) is 4.79 Å². The molecule has 130 valence electrons. The standard InChI is InChI=1S/C12H10F6O4S/c1-22-11(19)10(23(20,21)3-2-12(16,17)18)6-4-7(13)9(15)8(14)5-6/h4-5,10H,2-3H2,1H3. The highest BCUT2D eigenvalue weighted by atomic mass is 32.2. The summed E-state index contributed by atoms with van der Waals surface area (Å²) in [5, 5.41) is -2.40. The number of hydrogen-bond donors (Lipinski definition) is 0. The highest BCUT2D eigenvalue weighted by Gasteiger charge is 2.39. The van der Waals surface area contributed by atoms with Gasteiger partial charge in [0.05, 0.1) is 19.3 Å². The van der Waals surface area contributed by atoms with Crippen LogP contribution >= 0.6 is 0 Å². The van der Waals surface area contributed by atoms with Crippen molar-refractivity contribution in [2.24, 2.45) is 0 Å². The minimum absolute atomic E-state index is 0.213. The lowest BCUT2D eigenvalue weighted by Crippen LogP contribution is -2.28. The number of rotatable bonds is 5. The summed E-state index contributed by atoms with van der Waals surface area (Å²) < 4.78 is 104. The van der Waals surface area contributed by atoms with E-state index in [-0.39, 0.29) is 12.1 Å². The van der Waals surface area contributed by atoms with Crippen LogP contribution in [0.4, 0.5) is 26.3 Å². The maximum absolute atomic E-state index is 13.2. The summed E-state index contributed by atoms with van der Waals surface area (Å²) in [6, 6.07) is 0.427. The number of ether oxygens (including phenoxy) is 1. The molecule has 0 heterocycles. The maximum Gasteiger partial charge on any atom is 0.390 e. The number of carbonyl (C=O) groups excluding carboxylic acids is 1. The molecule has 0 spiro atoms. The van der Waals surface area contributed by atoms with Gasteiger partial charge in [0.2, 0.25) is 0 Å². The van der Waals surface area contributed by atoms with Crippen LogP contribution in [0.15, 0.2) is 12.1 Å². The molecule has 1 atom stereocenters. The molecule has 0 radical (unpaired) electrons. The fourth-order valence-electron chi connectivity index (χ4n) is 1.70. The van der Waals surface area contributed by atoms with Crippen molar-refractivity contribution in [3.8, 4) is 0 Å². The number of benzene rings is 1. The van der Waals surface area contributed by atoms with Crippen molar-refractivity contribution in [1.29, 1.82) is 0 Å². The van der Waals surface area contributed by atoms with E-state index in [0.717, 1.165) is 7.11 Å². The van der Waals surface area contributed by atoms with Gasteiger partial charge in [-0.25, -0.2) is 21.6 Å². The first kappa shape index (κ1) is 19.3. The molecule has 1 unspecified atom stereocenters. The van der Waals surface area contributed by atoms with E-state index in [2.05, 4.69) is 4.74 Å². The Labute approximate surface area is 127 Å². The van der Waals surface area contributed by atoms with Crippen molar-refractivity contribution in [2.75, 3.05) is 12.9 Å². The Morgan fingerprint density at radius 2 is 1.65 bits per heavy atom. The molecule has 0 fully saturated rings. The van der Waals surface area contributed by atoms with Gasteiger partial charge in [-0.1, -0.05) is 0 Å². The van der Waals surface area contributed by atoms with Crippen LogP contribution in [-0.4, -0.2) is 33.4 Å². The van der Waals surface area contributed by atoms with Crippen molar-refractivity contribution >= 4 is 15.8 Å². The number of sulfone groups is 1. The average Bonchev–Trinajstić information content (AvgIpc) is 2.41. The van der Waals surface area contributed by atoms with Crippen LogP contribution in [-0.2, 0) is 19.4 Å². The largest absolute Gasteiger partial charge is 0.468 e. The second-order valence-corrected chi connectivity index (χ2v) is 6.64. The topological polar surface area (TPSA) is 60.4 Å². The molecule has 1 aromatic carbocycles. The summed E-state index contributed by atoms with van der Waals surface area (Å²) in [7, 11) is -4.08. The van der Waals surface area contributed by atoms with Crippen LogP contribution in [0, 0.1) is 17.5 Å². The predicted octanol–water partition coefficient (Wildman–Crippen LogP) is 2.69. The van der Waals surface area contributed by atoms with Crippen LogP contribution < -0.4 is 0 Å². The minimum atomic E-state index is -4.83. The fourth-order valence-corrected chi connectivity index (χ4v) is 3.39. The first-order valence-corrected chi connectivity index (χ1v) is 7.61. The van der Waals surface area contributed by atoms with Gasteiger partial charge >= 0.3 is 12.1 Å². The van der Waals surface area contributed by atoms with E-state index in [1.165, 1.54) is 0 Å². The zero-order chi connectivity index (χ0) is 18.0. The molecular weight excluding hydrogens is 354 g/mol. The SMILES string of the molecule is COC(=O)C(c1cc(F)c(F)c(F)c1)S(=O)(=O)CCC(F)(F)F. The van der Waals surface area contributed by atoms with Gasteiger partial charge in [-0.2, -0.15) is 13.2 Å². The van der Waals surface area contributed by atoms with E-state index in [4.69, 9.17) is 0 Å². The molecule has 0 saturated heterocycles. The highest BCUT2D eigenvalue weighted by molar-refractivity contribution is 7.92. The van der Waals surface area contributed by atoms with Gasteiger partial charge in [0.25, 0.3) is 0 Å². The summed E-state index contributed by atoms with van der Waals surface area (Å²) in [4.78, 5) is 11.6. The number of alkyl halides is 3. The van der Waals surface area contributed by atoms with Crippen molar-refractivity contribution in [3.63, 3.8) is 0 Å². The fraction of sp³-hybridized carbons (Fsp3) is 0.417. The zero-order valence-electron chi connectivity index (χ0n) is 11.5. The van der Waals surface area contributed by atoms with E-state index >= 15 is 0 Å². The summed E-state index contributed by atoms with van der Waals surface area (Å²) in [5.74, 6) is -8.54. The van der Waals surface area contributed by atoms with E-state index in [1.807, 2.05) is 0 Å². The summed E-state index contributed by atoms with van der Waals surface area (Å²) in [6.07, 6.45) is -6.60. The van der Waals surface area contributed by atoms with Gasteiger partial charge in [-0.15, -0.1) is 0 Å². The second-order valence-electron chi connectivity index (χ2n) is 4.43. The van der Waals surface area contributed by atoms with E-state index in [1.54, 1.807) is 0 Å². The normalized spacial score (nSPS) is 13.7. The molecule has 0 N–H and O–H groups in total. The third-order valence-electron chi connectivity index (χ3n) is 2.75. The maximum atomic E-state index is 13.2. The van der Waals surface area contributed by atoms with Gasteiger partial charge in [0.1, 0.15) is 0 Å². The lowest BCUT2D eigenvalue weighted by Gasteiger charge is -2.17. The van der Waals surface area contributed by atoms with Crippen molar-refractivity contribution < 1.29 is 44.3 Å². The van der Waals surface area contributed by atoms with Gasteiger partial charge in [0.15, 0.2) is 32.5 Å². The van der Waals surface area contributed by atoms with Gasteiger partial charge in [0, 0.05) is 0 Å². The number of methoxy groups -OCH3 is 1. The molecule has 0 bridgehead atoms. The van der Waals surface area contributed by atoms with Crippen LogP contribution in [0.25, 0.3) is 0 Å². The lowest BCUT2D eigenvalue weighted by molar-refractivity contribution is -0.140. The Morgan fingerprint density at radius 3 is 2.04 bits per heavy atom. The highest BCUT2D eigenvalue weighted by Crippen LogP contribution is 2.30. The Bertz CT molecular complexity index is 675. The molecule has 1 aromatic rings. The number of hydrogen-bond acceptors (Lipinski definition) is 4. The quantitative estimate of drug-likeness (QED) is 0.458. The Hall–Kier alpha value is -1.78. The number of halogens is 6. The third kappa shape index (κ3) is 4.85. The number of esters is 1. The lowest BCUT2D eigenvalue weighted by atomic mass is 10.1. The first-order valence-electron chi connectivity index (χ1n) is 5.89. The average molecular weight is 364 g/mol. The minimum Gasteiger partial charge on any atom is -0.468 e. The number of carbonyl (C=O) groups is 1. The predicted molar refractivity (Wildman–Crippen MR) is 65.5 cm³/mol. The van der Waals surface area contributed by atoms with Gasteiger partial charge < -0.3 is 4.74 Å². The summed E-state index contributed by atoms with van der Waals surface area (Å²) in [5.41, 5.74) is -0.865. The second kappa shape index (κ2) is 6.77. The molecule has 0 aliphatic rings. The first-order chi connectivity index (χ1) is 10.4. The summed E-state index contributed by atoms with van der Waals surface area (Å²) >= 11 is 0. The molecule has 0 amide bonds. The molecule has 0 saturated carbocycles. The molecule has 0 aromatic heterocycles. The monoisotopic (exact) mass is 364 g/mol. The van der Waals surface area contributed by atoms with Gasteiger partial charge in [-0.05, 0) is 17.7 Å². The summed E-state index contributed by atoms with van der Waals surface area (Å²) in [6.45, 7) is 0. The Kier molecular flexibility index (Phi) is 5.67. The van der Waals surface area contributed by atoms with Crippen LogP contribution in [0.3, 0.4) is 0 Å². The zero-order valence-corrected chi connectivity index (χ0v) is 12.3. The third-order valence-corrected chi connectivity index (χ3v) is 4.71. The molecule has 1 rings (SSSR count). The van der Waals surface area contributed by atoms with Crippen LogP contribution in [0.2, 0.25) is 0 Å². The Morgan fingerprint density at radius 1 is 1.17 bits per heavy atom. The van der Waals surface area contributed by atoms with E-state index < -0.39 is 62.4 Å². The van der Waals surface area contributed by atoms with Crippen LogP contribution in [0.5, 0.6) is 0 Å². The van der Waals surface area contributed by atoms with Crippen molar-refractivity contribution in [3.05, 3.63) is 35.1 Å². The molecule has 11 heteroatoms. The molecule has 4 nitrogen and oxygen atoms in total. The smallest absolute Gasteiger partial charge is 0.390 e. The van der Waals surface area contributed by atoms with Crippen molar-refractivity contribution in [1.82, 2.24) is 0 Å². The Balaban J connectivity index is 3.33. The van der Waals surface area contributed by atoms with E-state index in [9.17, 15) is 39.6 Å².